The van der Waals surface area contributed by atoms with E-state index in [-0.39, 0.29) is 12.1 Å². The third-order valence-electron chi connectivity index (χ3n) is 3.13. The Hall–Kier alpha value is -0.610. The number of hydrogen-bond donors (Lipinski definition) is 1. The van der Waals surface area contributed by atoms with Gasteiger partial charge in [-0.25, -0.2) is 0 Å². The summed E-state index contributed by atoms with van der Waals surface area (Å²) in [6.45, 7) is 4.19. The van der Waals surface area contributed by atoms with Crippen molar-refractivity contribution in [2.75, 3.05) is 13.7 Å². The molecule has 15 heavy (non-hydrogen) atoms. The topological polar surface area (TPSA) is 61.5 Å². The molecule has 3 atom stereocenters. The van der Waals surface area contributed by atoms with Gasteiger partial charge in [0.1, 0.15) is 0 Å². The van der Waals surface area contributed by atoms with Crippen LogP contribution in [0.4, 0.5) is 0 Å². The first-order chi connectivity index (χ1) is 7.01. The van der Waals surface area contributed by atoms with Gasteiger partial charge < -0.3 is 15.2 Å². The Morgan fingerprint density at radius 1 is 1.60 bits per heavy atom. The molecule has 0 spiro atoms. The lowest BCUT2D eigenvalue weighted by atomic mass is 9.84. The van der Waals surface area contributed by atoms with Crippen LogP contribution >= 0.6 is 0 Å². The van der Waals surface area contributed by atoms with Gasteiger partial charge in [-0.2, -0.15) is 0 Å². The fraction of sp³-hybridized carbons (Fsp3) is 0.909. The Bertz CT molecular complexity index is 232. The van der Waals surface area contributed by atoms with E-state index in [0.29, 0.717) is 19.1 Å². The fourth-order valence-corrected chi connectivity index (χ4v) is 2.03. The Balaban J connectivity index is 2.56. The first-order valence-electron chi connectivity index (χ1n) is 5.46. The molecule has 0 bridgehead atoms. The number of carbonyl (C=O) groups is 1. The highest BCUT2D eigenvalue weighted by Gasteiger charge is 2.37. The number of hydrogen-bond acceptors (Lipinski definition) is 4. The highest BCUT2D eigenvalue weighted by atomic mass is 16.5. The lowest BCUT2D eigenvalue weighted by molar-refractivity contribution is -0.153. The van der Waals surface area contributed by atoms with E-state index in [1.807, 2.05) is 6.92 Å². The van der Waals surface area contributed by atoms with Crippen LogP contribution in [0, 0.1) is 5.41 Å². The van der Waals surface area contributed by atoms with E-state index in [9.17, 15) is 4.79 Å². The maximum absolute atomic E-state index is 11.6. The molecule has 1 aliphatic heterocycles. The summed E-state index contributed by atoms with van der Waals surface area (Å²) >= 11 is 0. The lowest BCUT2D eigenvalue weighted by Crippen LogP contribution is -2.39. The van der Waals surface area contributed by atoms with Crippen molar-refractivity contribution in [3.05, 3.63) is 0 Å². The molecule has 4 nitrogen and oxygen atoms in total. The summed E-state index contributed by atoms with van der Waals surface area (Å²) in [5, 5.41) is 0. The minimum absolute atomic E-state index is 0.146. The molecule has 0 radical (unpaired) electrons. The maximum atomic E-state index is 11.6. The third kappa shape index (κ3) is 2.92. The van der Waals surface area contributed by atoms with Gasteiger partial charge in [-0.1, -0.05) is 0 Å². The third-order valence-corrected chi connectivity index (χ3v) is 3.13. The largest absolute Gasteiger partial charge is 0.469 e. The van der Waals surface area contributed by atoms with Crippen molar-refractivity contribution in [1.82, 2.24) is 0 Å². The van der Waals surface area contributed by atoms with Gasteiger partial charge in [-0.15, -0.1) is 0 Å². The minimum Gasteiger partial charge on any atom is -0.469 e. The first kappa shape index (κ1) is 12.5. The molecular formula is C11H21NO3. The summed E-state index contributed by atoms with van der Waals surface area (Å²) < 4.78 is 10.5. The molecule has 3 unspecified atom stereocenters. The molecule has 0 aliphatic carbocycles. The van der Waals surface area contributed by atoms with Crippen LogP contribution in [0.3, 0.4) is 0 Å². The van der Waals surface area contributed by atoms with Crippen LogP contribution in [-0.4, -0.2) is 31.8 Å². The minimum atomic E-state index is -0.608. The number of methoxy groups -OCH3 is 1. The van der Waals surface area contributed by atoms with Gasteiger partial charge in [0.15, 0.2) is 0 Å². The molecule has 1 heterocycles. The molecule has 1 saturated heterocycles. The zero-order chi connectivity index (χ0) is 11.5. The molecule has 0 saturated carbocycles. The summed E-state index contributed by atoms with van der Waals surface area (Å²) in [6, 6.07) is 0. The average molecular weight is 215 g/mol. The normalized spacial score (nSPS) is 29.9. The van der Waals surface area contributed by atoms with E-state index in [4.69, 9.17) is 15.2 Å². The molecule has 0 aromatic rings. The van der Waals surface area contributed by atoms with Crippen LogP contribution in [0.5, 0.6) is 0 Å². The van der Waals surface area contributed by atoms with Crippen molar-refractivity contribution < 1.29 is 14.3 Å². The summed E-state index contributed by atoms with van der Waals surface area (Å²) in [5.74, 6) is -0.242. The highest BCUT2D eigenvalue weighted by Crippen LogP contribution is 2.31. The van der Waals surface area contributed by atoms with Crippen LogP contribution in [0.2, 0.25) is 0 Å². The molecule has 0 amide bonds. The number of rotatable bonds is 4. The molecule has 1 fully saturated rings. The molecular weight excluding hydrogens is 194 g/mol. The highest BCUT2D eigenvalue weighted by molar-refractivity contribution is 5.76. The molecule has 88 valence electrons. The SMILES string of the molecule is COC(=O)C(C)(CN)CC1CCC(C)O1. The number of ether oxygens (including phenoxy) is 2. The second-order valence-electron chi connectivity index (χ2n) is 4.61. The predicted octanol–water partition coefficient (Wildman–Crippen LogP) is 1.08. The van der Waals surface area contributed by atoms with Gasteiger partial charge in [-0.3, -0.25) is 4.79 Å². The molecule has 1 rings (SSSR count). The molecule has 1 aliphatic rings. The quantitative estimate of drug-likeness (QED) is 0.713. The summed E-state index contributed by atoms with van der Waals surface area (Å²) in [6.07, 6.45) is 3.17. The van der Waals surface area contributed by atoms with Gasteiger partial charge in [0.25, 0.3) is 0 Å². The molecule has 0 aromatic heterocycles. The van der Waals surface area contributed by atoms with Gasteiger partial charge in [0.05, 0.1) is 24.7 Å². The lowest BCUT2D eigenvalue weighted by Gasteiger charge is -2.27. The van der Waals surface area contributed by atoms with Crippen molar-refractivity contribution >= 4 is 5.97 Å². The standard InChI is InChI=1S/C11H21NO3/c1-8-4-5-9(15-8)6-11(2,7-12)10(13)14-3/h8-9H,4-7,12H2,1-3H3. The summed E-state index contributed by atoms with van der Waals surface area (Å²) in [4.78, 5) is 11.6. The van der Waals surface area contributed by atoms with E-state index >= 15 is 0 Å². The van der Waals surface area contributed by atoms with E-state index < -0.39 is 5.41 Å². The monoisotopic (exact) mass is 215 g/mol. The Morgan fingerprint density at radius 3 is 2.67 bits per heavy atom. The van der Waals surface area contributed by atoms with Gasteiger partial charge in [-0.05, 0) is 33.1 Å². The summed E-state index contributed by atoms with van der Waals surface area (Å²) in [5.41, 5.74) is 5.03. The van der Waals surface area contributed by atoms with E-state index in [1.54, 1.807) is 0 Å². The van der Waals surface area contributed by atoms with Crippen molar-refractivity contribution in [3.63, 3.8) is 0 Å². The number of esters is 1. The predicted molar refractivity (Wildman–Crippen MR) is 57.4 cm³/mol. The van der Waals surface area contributed by atoms with E-state index in [2.05, 4.69) is 6.92 Å². The van der Waals surface area contributed by atoms with Crippen LogP contribution in [-0.2, 0) is 14.3 Å². The van der Waals surface area contributed by atoms with Crippen molar-refractivity contribution in [1.29, 1.82) is 0 Å². The zero-order valence-electron chi connectivity index (χ0n) is 9.79. The van der Waals surface area contributed by atoms with Crippen LogP contribution in [0.25, 0.3) is 0 Å². The fourth-order valence-electron chi connectivity index (χ4n) is 2.03. The second kappa shape index (κ2) is 4.94. The molecule has 0 aromatic carbocycles. The van der Waals surface area contributed by atoms with Crippen molar-refractivity contribution in [3.8, 4) is 0 Å². The maximum Gasteiger partial charge on any atom is 0.312 e. The number of nitrogens with two attached hydrogens (primary N) is 1. The van der Waals surface area contributed by atoms with Crippen LogP contribution in [0.1, 0.15) is 33.1 Å². The van der Waals surface area contributed by atoms with E-state index in [1.165, 1.54) is 7.11 Å². The number of carbonyl (C=O) groups excluding carboxylic acids is 1. The van der Waals surface area contributed by atoms with Crippen molar-refractivity contribution in [2.24, 2.45) is 11.1 Å². The van der Waals surface area contributed by atoms with Gasteiger partial charge in [0, 0.05) is 6.54 Å². The van der Waals surface area contributed by atoms with Gasteiger partial charge >= 0.3 is 5.97 Å². The Labute approximate surface area is 91.1 Å². The smallest absolute Gasteiger partial charge is 0.312 e. The molecule has 4 heteroatoms. The Kier molecular flexibility index (Phi) is 4.11. The van der Waals surface area contributed by atoms with Crippen LogP contribution < -0.4 is 5.73 Å². The van der Waals surface area contributed by atoms with Crippen molar-refractivity contribution in [2.45, 2.75) is 45.3 Å². The summed E-state index contributed by atoms with van der Waals surface area (Å²) in [7, 11) is 1.40. The Morgan fingerprint density at radius 2 is 2.27 bits per heavy atom. The van der Waals surface area contributed by atoms with Gasteiger partial charge in [0.2, 0.25) is 0 Å². The first-order valence-corrected chi connectivity index (χ1v) is 5.46. The molecule has 2 N–H and O–H groups in total. The van der Waals surface area contributed by atoms with Crippen LogP contribution in [0.15, 0.2) is 0 Å². The average Bonchev–Trinajstić information content (AvgIpc) is 2.62. The second-order valence-corrected chi connectivity index (χ2v) is 4.61. The van der Waals surface area contributed by atoms with E-state index in [0.717, 1.165) is 12.8 Å². The zero-order valence-corrected chi connectivity index (χ0v) is 9.79.